The molecule has 1 aliphatic heterocycles. The molecule has 0 aliphatic carbocycles. The SMILES string of the molecule is O=C(Nc1ccc(CN2C(=O)CSC2=O)cc1)c1cc(-c2ccccc2F)on1. The number of rotatable bonds is 5. The van der Waals surface area contributed by atoms with E-state index >= 15 is 0 Å². The summed E-state index contributed by atoms with van der Waals surface area (Å²) in [5, 5.41) is 6.10. The van der Waals surface area contributed by atoms with Crippen molar-refractivity contribution in [2.75, 3.05) is 11.1 Å². The fourth-order valence-corrected chi connectivity index (χ4v) is 3.50. The quantitative estimate of drug-likeness (QED) is 0.684. The maximum absolute atomic E-state index is 13.8. The molecular formula is C20H14FN3O4S. The first-order chi connectivity index (χ1) is 14.0. The van der Waals surface area contributed by atoms with E-state index in [1.807, 2.05) is 0 Å². The molecule has 1 aliphatic rings. The predicted molar refractivity (Wildman–Crippen MR) is 105 cm³/mol. The zero-order chi connectivity index (χ0) is 20.4. The van der Waals surface area contributed by atoms with E-state index in [1.165, 1.54) is 23.1 Å². The van der Waals surface area contributed by atoms with Gasteiger partial charge in [-0.05, 0) is 29.8 Å². The summed E-state index contributed by atoms with van der Waals surface area (Å²) in [6, 6.07) is 14.1. The summed E-state index contributed by atoms with van der Waals surface area (Å²) in [6.07, 6.45) is 0. The number of aromatic nitrogens is 1. The Morgan fingerprint density at radius 2 is 1.93 bits per heavy atom. The highest BCUT2D eigenvalue weighted by Crippen LogP contribution is 2.24. The summed E-state index contributed by atoms with van der Waals surface area (Å²) >= 11 is 0.984. The monoisotopic (exact) mass is 411 g/mol. The van der Waals surface area contributed by atoms with Crippen molar-refractivity contribution in [1.29, 1.82) is 0 Å². The van der Waals surface area contributed by atoms with Gasteiger partial charge in [0, 0.05) is 11.8 Å². The summed E-state index contributed by atoms with van der Waals surface area (Å²) < 4.78 is 18.9. The topological polar surface area (TPSA) is 92.5 Å². The molecule has 2 heterocycles. The molecule has 0 unspecified atom stereocenters. The van der Waals surface area contributed by atoms with Crippen LogP contribution in [0.4, 0.5) is 14.9 Å². The zero-order valence-corrected chi connectivity index (χ0v) is 15.7. The fourth-order valence-electron chi connectivity index (χ4n) is 2.78. The number of amides is 3. The van der Waals surface area contributed by atoms with Gasteiger partial charge in [-0.2, -0.15) is 0 Å². The van der Waals surface area contributed by atoms with E-state index in [9.17, 15) is 18.8 Å². The molecule has 1 aromatic heterocycles. The van der Waals surface area contributed by atoms with Crippen LogP contribution in [0.15, 0.2) is 59.1 Å². The van der Waals surface area contributed by atoms with Crippen LogP contribution in [-0.4, -0.2) is 32.9 Å². The van der Waals surface area contributed by atoms with Crippen LogP contribution >= 0.6 is 11.8 Å². The Balaban J connectivity index is 1.42. The molecule has 0 radical (unpaired) electrons. The summed E-state index contributed by atoms with van der Waals surface area (Å²) in [6.45, 7) is 0.189. The molecule has 7 nitrogen and oxygen atoms in total. The Morgan fingerprint density at radius 3 is 2.62 bits per heavy atom. The molecule has 0 saturated carbocycles. The predicted octanol–water partition coefficient (Wildman–Crippen LogP) is 3.93. The minimum atomic E-state index is -0.509. The van der Waals surface area contributed by atoms with Crippen LogP contribution in [-0.2, 0) is 11.3 Å². The lowest BCUT2D eigenvalue weighted by Crippen LogP contribution is -2.27. The normalized spacial score (nSPS) is 13.8. The van der Waals surface area contributed by atoms with Crippen molar-refractivity contribution in [3.8, 4) is 11.3 Å². The van der Waals surface area contributed by atoms with Crippen molar-refractivity contribution in [3.05, 3.63) is 71.7 Å². The molecule has 0 spiro atoms. The van der Waals surface area contributed by atoms with Crippen LogP contribution in [0, 0.1) is 5.82 Å². The molecule has 9 heteroatoms. The molecule has 0 atom stereocenters. The number of carbonyl (C=O) groups is 3. The van der Waals surface area contributed by atoms with Gasteiger partial charge in [-0.1, -0.05) is 41.2 Å². The van der Waals surface area contributed by atoms with Crippen LogP contribution in [0.25, 0.3) is 11.3 Å². The minimum absolute atomic E-state index is 0.0117. The van der Waals surface area contributed by atoms with Crippen LogP contribution in [0.5, 0.6) is 0 Å². The third kappa shape index (κ3) is 4.04. The first-order valence-electron chi connectivity index (χ1n) is 8.60. The average molecular weight is 411 g/mol. The van der Waals surface area contributed by atoms with Gasteiger partial charge in [-0.25, -0.2) is 4.39 Å². The second-order valence-electron chi connectivity index (χ2n) is 6.24. The van der Waals surface area contributed by atoms with E-state index in [-0.39, 0.29) is 40.5 Å². The highest BCUT2D eigenvalue weighted by atomic mass is 32.2. The van der Waals surface area contributed by atoms with Gasteiger partial charge in [0.15, 0.2) is 11.5 Å². The summed E-state index contributed by atoms with van der Waals surface area (Å²) in [7, 11) is 0. The molecule has 1 fully saturated rings. The Morgan fingerprint density at radius 1 is 1.17 bits per heavy atom. The third-order valence-corrected chi connectivity index (χ3v) is 5.13. The maximum Gasteiger partial charge on any atom is 0.289 e. The number of imide groups is 1. The largest absolute Gasteiger partial charge is 0.355 e. The number of hydrogen-bond acceptors (Lipinski definition) is 6. The highest BCUT2D eigenvalue weighted by molar-refractivity contribution is 8.14. The van der Waals surface area contributed by atoms with Gasteiger partial charge in [0.2, 0.25) is 5.91 Å². The van der Waals surface area contributed by atoms with Gasteiger partial charge in [-0.3, -0.25) is 19.3 Å². The Hall–Kier alpha value is -3.46. The van der Waals surface area contributed by atoms with Crippen molar-refractivity contribution < 1.29 is 23.3 Å². The van der Waals surface area contributed by atoms with Crippen molar-refractivity contribution in [1.82, 2.24) is 10.1 Å². The first kappa shape index (κ1) is 18.9. The standard InChI is InChI=1S/C20H14FN3O4S/c21-15-4-2-1-3-14(15)17-9-16(23-28-17)19(26)22-13-7-5-12(6-8-13)10-24-18(25)11-29-20(24)27/h1-9H,10-11H2,(H,22,26). The summed E-state index contributed by atoms with van der Waals surface area (Å²) in [5.41, 5.74) is 1.49. The number of anilines is 1. The van der Waals surface area contributed by atoms with E-state index in [4.69, 9.17) is 4.52 Å². The van der Waals surface area contributed by atoms with Gasteiger partial charge >= 0.3 is 0 Å². The Labute approximate surface area is 168 Å². The van der Waals surface area contributed by atoms with E-state index in [1.54, 1.807) is 36.4 Å². The smallest absolute Gasteiger partial charge is 0.289 e. The van der Waals surface area contributed by atoms with Gasteiger partial charge in [0.25, 0.3) is 11.1 Å². The van der Waals surface area contributed by atoms with Crippen LogP contribution in [0.2, 0.25) is 0 Å². The molecule has 4 rings (SSSR count). The van der Waals surface area contributed by atoms with E-state index < -0.39 is 11.7 Å². The fraction of sp³-hybridized carbons (Fsp3) is 0.100. The number of nitrogens with one attached hydrogen (secondary N) is 1. The second kappa shape index (κ2) is 7.88. The minimum Gasteiger partial charge on any atom is -0.355 e. The lowest BCUT2D eigenvalue weighted by Gasteiger charge is -2.13. The average Bonchev–Trinajstić information content (AvgIpc) is 3.32. The van der Waals surface area contributed by atoms with Crippen LogP contribution < -0.4 is 5.32 Å². The zero-order valence-electron chi connectivity index (χ0n) is 14.9. The molecule has 0 bridgehead atoms. The van der Waals surface area contributed by atoms with E-state index in [2.05, 4.69) is 10.5 Å². The van der Waals surface area contributed by atoms with Crippen LogP contribution in [0.3, 0.4) is 0 Å². The lowest BCUT2D eigenvalue weighted by atomic mass is 10.1. The number of halogens is 1. The Bertz CT molecular complexity index is 1080. The Kier molecular flexibility index (Phi) is 5.13. The molecule has 2 aromatic carbocycles. The van der Waals surface area contributed by atoms with Crippen molar-refractivity contribution in [2.45, 2.75) is 6.54 Å². The van der Waals surface area contributed by atoms with Gasteiger partial charge in [0.05, 0.1) is 17.9 Å². The van der Waals surface area contributed by atoms with Crippen molar-refractivity contribution >= 4 is 34.5 Å². The van der Waals surface area contributed by atoms with Gasteiger partial charge in [0.1, 0.15) is 5.82 Å². The van der Waals surface area contributed by atoms with E-state index in [0.717, 1.165) is 17.3 Å². The maximum atomic E-state index is 13.8. The number of thioether (sulfide) groups is 1. The van der Waals surface area contributed by atoms with Gasteiger partial charge in [-0.15, -0.1) is 0 Å². The second-order valence-corrected chi connectivity index (χ2v) is 7.17. The number of carbonyl (C=O) groups excluding carboxylic acids is 3. The van der Waals surface area contributed by atoms with E-state index in [0.29, 0.717) is 5.69 Å². The number of nitrogens with zero attached hydrogens (tertiary/aromatic N) is 2. The molecule has 1 saturated heterocycles. The summed E-state index contributed by atoms with van der Waals surface area (Å²) in [5.74, 6) is -0.875. The molecular weight excluding hydrogens is 397 g/mol. The summed E-state index contributed by atoms with van der Waals surface area (Å²) in [4.78, 5) is 36.9. The molecule has 146 valence electrons. The third-order valence-electron chi connectivity index (χ3n) is 4.28. The van der Waals surface area contributed by atoms with Crippen LogP contribution in [0.1, 0.15) is 16.1 Å². The van der Waals surface area contributed by atoms with Gasteiger partial charge < -0.3 is 9.84 Å². The number of benzene rings is 2. The molecule has 29 heavy (non-hydrogen) atoms. The molecule has 3 amide bonds. The number of hydrogen-bond donors (Lipinski definition) is 1. The lowest BCUT2D eigenvalue weighted by molar-refractivity contribution is -0.125. The molecule has 1 N–H and O–H groups in total. The highest BCUT2D eigenvalue weighted by Gasteiger charge is 2.29. The first-order valence-corrected chi connectivity index (χ1v) is 9.59. The van der Waals surface area contributed by atoms with Crippen molar-refractivity contribution in [3.63, 3.8) is 0 Å². The van der Waals surface area contributed by atoms with Crippen molar-refractivity contribution in [2.24, 2.45) is 0 Å². The molecule has 3 aromatic rings.